The molecule has 0 rings (SSSR count). The van der Waals surface area contributed by atoms with E-state index in [-0.39, 0.29) is 12.0 Å². The van der Waals surface area contributed by atoms with Crippen molar-refractivity contribution in [1.82, 2.24) is 5.32 Å². The van der Waals surface area contributed by atoms with Gasteiger partial charge in [-0.2, -0.15) is 0 Å². The molecule has 0 aromatic carbocycles. The van der Waals surface area contributed by atoms with Crippen LogP contribution < -0.4 is 11.1 Å². The first-order valence-corrected chi connectivity index (χ1v) is 7.70. The summed E-state index contributed by atoms with van der Waals surface area (Å²) in [7, 11) is 0. The summed E-state index contributed by atoms with van der Waals surface area (Å²) < 4.78 is 11.1. The molecule has 0 aromatic rings. The number of hydrogen-bond acceptors (Lipinski definition) is 4. The number of rotatable bonds is 13. The van der Waals surface area contributed by atoms with Crippen molar-refractivity contribution >= 4 is 5.91 Å². The van der Waals surface area contributed by atoms with E-state index < -0.39 is 5.54 Å². The van der Waals surface area contributed by atoms with Crippen LogP contribution in [0.2, 0.25) is 0 Å². The van der Waals surface area contributed by atoms with Gasteiger partial charge in [-0.1, -0.05) is 20.3 Å². The van der Waals surface area contributed by atoms with E-state index in [4.69, 9.17) is 15.2 Å². The number of hydrogen-bond donors (Lipinski definition) is 2. The van der Waals surface area contributed by atoms with Gasteiger partial charge in [0, 0.05) is 13.0 Å². The molecule has 0 spiro atoms. The minimum atomic E-state index is -0.710. The lowest BCUT2D eigenvalue weighted by Gasteiger charge is -2.30. The minimum absolute atomic E-state index is 0.0355. The molecule has 0 radical (unpaired) electrons. The van der Waals surface area contributed by atoms with Crippen LogP contribution in [0.5, 0.6) is 0 Å². The molecule has 120 valence electrons. The number of nitrogens with one attached hydrogen (secondary N) is 1. The molecule has 3 N–H and O–H groups in total. The number of unbranched alkanes of at least 4 members (excludes halogenated alkanes) is 1. The summed E-state index contributed by atoms with van der Waals surface area (Å²) in [5.41, 5.74) is 4.78. The van der Waals surface area contributed by atoms with E-state index in [0.717, 1.165) is 32.4 Å². The Labute approximate surface area is 123 Å². The molecule has 2 unspecified atom stereocenters. The first kappa shape index (κ1) is 19.4. The van der Waals surface area contributed by atoms with Crippen LogP contribution in [0.1, 0.15) is 53.4 Å². The van der Waals surface area contributed by atoms with Crippen molar-refractivity contribution in [2.75, 3.05) is 26.4 Å². The van der Waals surface area contributed by atoms with Crippen molar-refractivity contribution in [3.05, 3.63) is 0 Å². The Balaban J connectivity index is 3.95. The Morgan fingerprint density at radius 1 is 1.25 bits per heavy atom. The summed E-state index contributed by atoms with van der Waals surface area (Å²) in [4.78, 5) is 11.6. The largest absolute Gasteiger partial charge is 0.379 e. The van der Waals surface area contributed by atoms with Gasteiger partial charge >= 0.3 is 0 Å². The van der Waals surface area contributed by atoms with Crippen molar-refractivity contribution in [3.63, 3.8) is 0 Å². The maximum Gasteiger partial charge on any atom is 0.237 e. The van der Waals surface area contributed by atoms with Crippen LogP contribution in [-0.2, 0) is 14.3 Å². The number of amides is 1. The van der Waals surface area contributed by atoms with Crippen molar-refractivity contribution in [2.24, 2.45) is 5.73 Å². The summed E-state index contributed by atoms with van der Waals surface area (Å²) in [6.07, 6.45) is 3.71. The molecule has 2 atom stereocenters. The van der Waals surface area contributed by atoms with Crippen molar-refractivity contribution < 1.29 is 14.3 Å². The predicted octanol–water partition coefficient (Wildman–Crippen LogP) is 1.84. The summed E-state index contributed by atoms with van der Waals surface area (Å²) in [6.45, 7) is 10.7. The van der Waals surface area contributed by atoms with E-state index in [0.29, 0.717) is 19.6 Å². The standard InChI is InChI=1S/C15H32N2O3/c1-5-7-9-19-10-11-20-13(3)12-15(4,14(16)18)17-8-6-2/h13,17H,5-12H2,1-4H3,(H2,16,18). The lowest BCUT2D eigenvalue weighted by Crippen LogP contribution is -2.55. The summed E-state index contributed by atoms with van der Waals surface area (Å²) in [5.74, 6) is -0.333. The van der Waals surface area contributed by atoms with Crippen LogP contribution in [-0.4, -0.2) is 43.9 Å². The second-order valence-electron chi connectivity index (χ2n) is 5.47. The van der Waals surface area contributed by atoms with Crippen molar-refractivity contribution in [2.45, 2.75) is 65.0 Å². The van der Waals surface area contributed by atoms with Crippen LogP contribution >= 0.6 is 0 Å². The first-order valence-electron chi connectivity index (χ1n) is 7.70. The van der Waals surface area contributed by atoms with E-state index in [2.05, 4.69) is 19.2 Å². The van der Waals surface area contributed by atoms with E-state index >= 15 is 0 Å². The fourth-order valence-electron chi connectivity index (χ4n) is 1.95. The molecule has 0 aliphatic rings. The van der Waals surface area contributed by atoms with Gasteiger partial charge in [0.05, 0.1) is 24.9 Å². The zero-order valence-electron chi connectivity index (χ0n) is 13.5. The highest BCUT2D eigenvalue weighted by Gasteiger charge is 2.32. The Bertz CT molecular complexity index is 262. The van der Waals surface area contributed by atoms with E-state index in [9.17, 15) is 4.79 Å². The van der Waals surface area contributed by atoms with Gasteiger partial charge in [0.1, 0.15) is 0 Å². The lowest BCUT2D eigenvalue weighted by atomic mass is 9.93. The van der Waals surface area contributed by atoms with Gasteiger partial charge in [0.2, 0.25) is 5.91 Å². The molecule has 0 saturated carbocycles. The first-order chi connectivity index (χ1) is 9.46. The fourth-order valence-corrected chi connectivity index (χ4v) is 1.95. The highest BCUT2D eigenvalue weighted by molar-refractivity contribution is 5.84. The number of primary amides is 1. The maximum absolute atomic E-state index is 11.6. The second-order valence-corrected chi connectivity index (χ2v) is 5.47. The zero-order valence-corrected chi connectivity index (χ0v) is 13.5. The molecule has 1 amide bonds. The molecule has 0 aliphatic heterocycles. The number of carbonyl (C=O) groups is 1. The van der Waals surface area contributed by atoms with Gasteiger partial charge in [-0.3, -0.25) is 4.79 Å². The summed E-state index contributed by atoms with van der Waals surface area (Å²) >= 11 is 0. The Morgan fingerprint density at radius 3 is 2.50 bits per heavy atom. The van der Waals surface area contributed by atoms with Crippen LogP contribution in [0.15, 0.2) is 0 Å². The highest BCUT2D eigenvalue weighted by Crippen LogP contribution is 2.14. The van der Waals surface area contributed by atoms with Gasteiger partial charge in [-0.15, -0.1) is 0 Å². The molecular formula is C15H32N2O3. The van der Waals surface area contributed by atoms with E-state index in [1.54, 1.807) is 0 Å². The van der Waals surface area contributed by atoms with Crippen LogP contribution in [0.4, 0.5) is 0 Å². The van der Waals surface area contributed by atoms with E-state index in [1.165, 1.54) is 0 Å². The Morgan fingerprint density at radius 2 is 1.95 bits per heavy atom. The lowest BCUT2D eigenvalue weighted by molar-refractivity contribution is -0.125. The van der Waals surface area contributed by atoms with Gasteiger partial charge < -0.3 is 20.5 Å². The smallest absolute Gasteiger partial charge is 0.237 e. The molecule has 0 saturated heterocycles. The third kappa shape index (κ3) is 8.51. The summed E-state index contributed by atoms with van der Waals surface area (Å²) in [5, 5.41) is 3.21. The normalized spacial score (nSPS) is 15.8. The monoisotopic (exact) mass is 288 g/mol. The third-order valence-corrected chi connectivity index (χ3v) is 3.28. The minimum Gasteiger partial charge on any atom is -0.379 e. The fraction of sp³-hybridized carbons (Fsp3) is 0.933. The quantitative estimate of drug-likeness (QED) is 0.507. The Kier molecular flexibility index (Phi) is 10.7. The molecule has 0 heterocycles. The molecular weight excluding hydrogens is 256 g/mol. The van der Waals surface area contributed by atoms with Crippen LogP contribution in [0, 0.1) is 0 Å². The SMILES string of the molecule is CCCCOCCOC(C)CC(C)(NCCC)C(N)=O. The molecule has 20 heavy (non-hydrogen) atoms. The zero-order chi connectivity index (χ0) is 15.4. The molecule has 0 fully saturated rings. The van der Waals surface area contributed by atoms with Crippen LogP contribution in [0.3, 0.4) is 0 Å². The highest BCUT2D eigenvalue weighted by atomic mass is 16.5. The number of ether oxygens (including phenoxy) is 2. The molecule has 0 bridgehead atoms. The molecule has 5 heteroatoms. The summed E-state index contributed by atoms with van der Waals surface area (Å²) in [6, 6.07) is 0. The van der Waals surface area contributed by atoms with Gasteiger partial charge in [0.25, 0.3) is 0 Å². The number of nitrogens with two attached hydrogens (primary N) is 1. The molecule has 0 aromatic heterocycles. The number of carbonyl (C=O) groups excluding carboxylic acids is 1. The topological polar surface area (TPSA) is 73.6 Å². The third-order valence-electron chi connectivity index (χ3n) is 3.28. The van der Waals surface area contributed by atoms with Crippen molar-refractivity contribution in [1.29, 1.82) is 0 Å². The van der Waals surface area contributed by atoms with Gasteiger partial charge in [-0.25, -0.2) is 0 Å². The van der Waals surface area contributed by atoms with Gasteiger partial charge in [-0.05, 0) is 33.2 Å². The van der Waals surface area contributed by atoms with E-state index in [1.807, 2.05) is 13.8 Å². The second kappa shape index (κ2) is 11.1. The predicted molar refractivity (Wildman–Crippen MR) is 81.7 cm³/mol. The average molecular weight is 288 g/mol. The Hall–Kier alpha value is -0.650. The molecule has 5 nitrogen and oxygen atoms in total. The molecule has 0 aliphatic carbocycles. The van der Waals surface area contributed by atoms with Gasteiger partial charge in [0.15, 0.2) is 0 Å². The average Bonchev–Trinajstić information content (AvgIpc) is 2.40. The van der Waals surface area contributed by atoms with Crippen molar-refractivity contribution in [3.8, 4) is 0 Å². The maximum atomic E-state index is 11.6. The van der Waals surface area contributed by atoms with Crippen LogP contribution in [0.25, 0.3) is 0 Å².